The smallest absolute Gasteiger partial charge is 0.335 e. The van der Waals surface area contributed by atoms with Gasteiger partial charge in [-0.25, -0.2) is 17.9 Å². The van der Waals surface area contributed by atoms with Gasteiger partial charge in [-0.1, -0.05) is 0 Å². The molecule has 0 unspecified atom stereocenters. The summed E-state index contributed by atoms with van der Waals surface area (Å²) in [6.07, 6.45) is 0. The van der Waals surface area contributed by atoms with E-state index < -0.39 is 16.0 Å². The fraction of sp³-hybridized carbons (Fsp3) is 0.333. The van der Waals surface area contributed by atoms with Crippen LogP contribution in [0.5, 0.6) is 0 Å². The monoisotopic (exact) mass is 378 g/mol. The Hall–Kier alpha value is -1.45. The molecule has 0 aliphatic rings. The summed E-state index contributed by atoms with van der Waals surface area (Å²) < 4.78 is 27.0. The SMILES string of the molecule is CC(=O)NCCNS(=O)(=O)c1cc(C(=O)O)cc(C)c1Br. The first kappa shape index (κ1) is 17.6. The Kier molecular flexibility index (Phi) is 5.87. The van der Waals surface area contributed by atoms with Gasteiger partial charge in [0.15, 0.2) is 0 Å². The number of benzene rings is 1. The minimum atomic E-state index is -3.88. The molecule has 0 bridgehead atoms. The molecule has 0 aliphatic carbocycles. The zero-order valence-electron chi connectivity index (χ0n) is 11.4. The number of carboxylic acids is 1. The minimum Gasteiger partial charge on any atom is -0.478 e. The highest BCUT2D eigenvalue weighted by molar-refractivity contribution is 9.10. The number of nitrogens with one attached hydrogen (secondary N) is 2. The van der Waals surface area contributed by atoms with Crippen LogP contribution in [0.3, 0.4) is 0 Å². The Morgan fingerprint density at radius 3 is 2.43 bits per heavy atom. The molecule has 0 radical (unpaired) electrons. The van der Waals surface area contributed by atoms with Gasteiger partial charge in [-0.2, -0.15) is 0 Å². The first-order chi connectivity index (χ1) is 9.65. The van der Waals surface area contributed by atoms with Gasteiger partial charge in [0.1, 0.15) is 0 Å². The van der Waals surface area contributed by atoms with Crippen molar-refractivity contribution >= 4 is 37.8 Å². The van der Waals surface area contributed by atoms with Crippen molar-refractivity contribution in [3.05, 3.63) is 27.7 Å². The molecule has 0 aromatic heterocycles. The molecule has 0 heterocycles. The van der Waals surface area contributed by atoms with Crippen LogP contribution in [0.15, 0.2) is 21.5 Å². The van der Waals surface area contributed by atoms with Crippen molar-refractivity contribution in [1.82, 2.24) is 10.0 Å². The highest BCUT2D eigenvalue weighted by atomic mass is 79.9. The lowest BCUT2D eigenvalue weighted by molar-refractivity contribution is -0.118. The van der Waals surface area contributed by atoms with Crippen LogP contribution < -0.4 is 10.0 Å². The van der Waals surface area contributed by atoms with Gasteiger partial charge in [0.25, 0.3) is 0 Å². The van der Waals surface area contributed by atoms with Crippen molar-refractivity contribution < 1.29 is 23.1 Å². The molecule has 7 nitrogen and oxygen atoms in total. The van der Waals surface area contributed by atoms with E-state index in [1.54, 1.807) is 6.92 Å². The molecule has 116 valence electrons. The van der Waals surface area contributed by atoms with Gasteiger partial charge in [-0.05, 0) is 40.5 Å². The second-order valence-electron chi connectivity index (χ2n) is 4.29. The molecule has 0 saturated heterocycles. The summed E-state index contributed by atoms with van der Waals surface area (Å²) in [6, 6.07) is 2.46. The Bertz CT molecular complexity index is 672. The van der Waals surface area contributed by atoms with Gasteiger partial charge >= 0.3 is 5.97 Å². The number of hydrogen-bond acceptors (Lipinski definition) is 4. The van der Waals surface area contributed by atoms with Crippen LogP contribution in [-0.2, 0) is 14.8 Å². The molecule has 1 aromatic carbocycles. The van der Waals surface area contributed by atoms with Crippen molar-refractivity contribution in [2.45, 2.75) is 18.7 Å². The molecule has 21 heavy (non-hydrogen) atoms. The molecular weight excluding hydrogens is 364 g/mol. The van der Waals surface area contributed by atoms with E-state index in [0.29, 0.717) is 10.0 Å². The van der Waals surface area contributed by atoms with E-state index in [0.717, 1.165) is 6.07 Å². The average molecular weight is 379 g/mol. The maximum atomic E-state index is 12.2. The van der Waals surface area contributed by atoms with E-state index in [2.05, 4.69) is 26.0 Å². The third kappa shape index (κ3) is 4.80. The van der Waals surface area contributed by atoms with Crippen LogP contribution in [0.1, 0.15) is 22.8 Å². The fourth-order valence-electron chi connectivity index (χ4n) is 1.56. The highest BCUT2D eigenvalue weighted by Gasteiger charge is 2.21. The minimum absolute atomic E-state index is 0.00466. The van der Waals surface area contributed by atoms with Gasteiger partial charge in [0.05, 0.1) is 10.5 Å². The van der Waals surface area contributed by atoms with E-state index in [-0.39, 0.29) is 29.5 Å². The Balaban J connectivity index is 3.02. The largest absolute Gasteiger partial charge is 0.478 e. The maximum Gasteiger partial charge on any atom is 0.335 e. The summed E-state index contributed by atoms with van der Waals surface area (Å²) >= 11 is 3.15. The Morgan fingerprint density at radius 2 is 1.90 bits per heavy atom. The lowest BCUT2D eigenvalue weighted by Crippen LogP contribution is -2.34. The zero-order valence-corrected chi connectivity index (χ0v) is 13.8. The molecule has 0 aliphatic heterocycles. The highest BCUT2D eigenvalue weighted by Crippen LogP contribution is 2.27. The molecule has 0 fully saturated rings. The number of aromatic carboxylic acids is 1. The number of carboxylic acid groups (broad SMARTS) is 1. The second kappa shape index (κ2) is 7.01. The Labute approximate surface area is 130 Å². The predicted octanol–water partition coefficient (Wildman–Crippen LogP) is 0.870. The number of carbonyl (C=O) groups is 2. The lowest BCUT2D eigenvalue weighted by atomic mass is 10.1. The third-order valence-corrected chi connectivity index (χ3v) is 5.35. The number of rotatable bonds is 6. The standard InChI is InChI=1S/C12H15BrN2O5S/c1-7-5-9(12(17)18)6-10(11(7)13)21(19,20)15-4-3-14-8(2)16/h5-6,15H,3-4H2,1-2H3,(H,14,16)(H,17,18). The molecule has 1 rings (SSSR count). The van der Waals surface area contributed by atoms with Crippen LogP contribution in [-0.4, -0.2) is 38.5 Å². The molecule has 1 amide bonds. The maximum absolute atomic E-state index is 12.2. The topological polar surface area (TPSA) is 113 Å². The summed E-state index contributed by atoms with van der Waals surface area (Å²) in [5, 5.41) is 11.4. The van der Waals surface area contributed by atoms with E-state index in [1.165, 1.54) is 13.0 Å². The van der Waals surface area contributed by atoms with Crippen molar-refractivity contribution in [3.63, 3.8) is 0 Å². The normalized spacial score (nSPS) is 11.2. The summed E-state index contributed by atoms with van der Waals surface area (Å²) in [4.78, 5) is 21.5. The van der Waals surface area contributed by atoms with Crippen molar-refractivity contribution in [2.24, 2.45) is 0 Å². The number of halogens is 1. The number of hydrogen-bond donors (Lipinski definition) is 3. The van der Waals surface area contributed by atoms with Crippen LogP contribution in [0.2, 0.25) is 0 Å². The molecule has 0 saturated carbocycles. The van der Waals surface area contributed by atoms with E-state index in [1.807, 2.05) is 0 Å². The molecule has 1 aromatic rings. The summed E-state index contributed by atoms with van der Waals surface area (Å²) in [5.74, 6) is -1.47. The van der Waals surface area contributed by atoms with Gasteiger partial charge in [0.2, 0.25) is 15.9 Å². The molecule has 9 heteroatoms. The zero-order chi connectivity index (χ0) is 16.2. The summed E-state index contributed by atoms with van der Waals surface area (Å²) in [5.41, 5.74) is 0.384. The van der Waals surface area contributed by atoms with E-state index >= 15 is 0 Å². The number of aryl methyl sites for hydroxylation is 1. The van der Waals surface area contributed by atoms with Gasteiger partial charge < -0.3 is 10.4 Å². The predicted molar refractivity (Wildman–Crippen MR) is 79.7 cm³/mol. The second-order valence-corrected chi connectivity index (χ2v) is 6.82. The van der Waals surface area contributed by atoms with Gasteiger partial charge in [-0.15, -0.1) is 0 Å². The first-order valence-electron chi connectivity index (χ1n) is 5.92. The van der Waals surface area contributed by atoms with Crippen LogP contribution in [0, 0.1) is 6.92 Å². The molecule has 3 N–H and O–H groups in total. The van der Waals surface area contributed by atoms with Gasteiger partial charge in [-0.3, -0.25) is 4.79 Å². The molecule has 0 atom stereocenters. The Morgan fingerprint density at radius 1 is 1.29 bits per heavy atom. The number of sulfonamides is 1. The summed E-state index contributed by atoms with van der Waals surface area (Å²) in [6.45, 7) is 3.08. The number of carbonyl (C=O) groups excluding carboxylic acids is 1. The average Bonchev–Trinajstić information content (AvgIpc) is 2.37. The van der Waals surface area contributed by atoms with Crippen LogP contribution >= 0.6 is 15.9 Å². The molecule has 0 spiro atoms. The quantitative estimate of drug-likeness (QED) is 0.635. The third-order valence-electron chi connectivity index (χ3n) is 2.55. The van der Waals surface area contributed by atoms with Crippen molar-refractivity contribution in [3.8, 4) is 0 Å². The summed E-state index contributed by atoms with van der Waals surface area (Å²) in [7, 11) is -3.88. The fourth-order valence-corrected chi connectivity index (χ4v) is 3.63. The van der Waals surface area contributed by atoms with Crippen LogP contribution in [0.4, 0.5) is 0 Å². The van der Waals surface area contributed by atoms with Gasteiger partial charge in [0, 0.05) is 24.5 Å². The lowest BCUT2D eigenvalue weighted by Gasteiger charge is -2.11. The van der Waals surface area contributed by atoms with E-state index in [9.17, 15) is 18.0 Å². The van der Waals surface area contributed by atoms with Crippen LogP contribution in [0.25, 0.3) is 0 Å². The molecular formula is C12H15BrN2O5S. The first-order valence-corrected chi connectivity index (χ1v) is 8.20. The van der Waals surface area contributed by atoms with Crippen molar-refractivity contribution in [1.29, 1.82) is 0 Å². The van der Waals surface area contributed by atoms with Crippen molar-refractivity contribution in [2.75, 3.05) is 13.1 Å². The number of amides is 1. The van der Waals surface area contributed by atoms with E-state index in [4.69, 9.17) is 5.11 Å².